The van der Waals surface area contributed by atoms with E-state index in [-0.39, 0.29) is 11.7 Å². The molecule has 0 unspecified atom stereocenters. The third-order valence-corrected chi connectivity index (χ3v) is 4.47. The molecule has 4 aromatic rings. The Morgan fingerprint density at radius 3 is 2.33 bits per heavy atom. The molecule has 0 aliphatic rings. The Labute approximate surface area is 173 Å². The molecule has 4 rings (SSSR count). The van der Waals surface area contributed by atoms with E-state index in [1.807, 2.05) is 42.5 Å². The number of carbonyl (C=O) groups is 1. The van der Waals surface area contributed by atoms with Crippen molar-refractivity contribution in [3.63, 3.8) is 0 Å². The Balaban J connectivity index is 1.40. The van der Waals surface area contributed by atoms with Gasteiger partial charge in [0.1, 0.15) is 11.6 Å². The minimum absolute atomic E-state index is 0.133. The first-order valence-corrected chi connectivity index (χ1v) is 9.45. The largest absolute Gasteiger partial charge is 0.348 e. The fourth-order valence-electron chi connectivity index (χ4n) is 2.90. The molecule has 0 saturated heterocycles. The topological polar surface area (TPSA) is 66.9 Å². The van der Waals surface area contributed by atoms with E-state index >= 15 is 0 Å². The van der Waals surface area contributed by atoms with E-state index in [2.05, 4.69) is 20.6 Å². The minimum atomic E-state index is -0.305. The number of aromatic nitrogens is 2. The van der Waals surface area contributed by atoms with Crippen molar-refractivity contribution >= 4 is 17.4 Å². The lowest BCUT2D eigenvalue weighted by Crippen LogP contribution is -2.22. The summed E-state index contributed by atoms with van der Waals surface area (Å²) in [7, 11) is 0. The van der Waals surface area contributed by atoms with Crippen LogP contribution in [-0.4, -0.2) is 15.9 Å². The number of nitrogens with zero attached hydrogens (tertiary/aromatic N) is 2. The molecule has 0 aliphatic heterocycles. The summed E-state index contributed by atoms with van der Waals surface area (Å²) in [6.45, 7) is 0.479. The normalized spacial score (nSPS) is 10.4. The first-order valence-electron chi connectivity index (χ1n) is 9.45. The molecule has 148 valence electrons. The summed E-state index contributed by atoms with van der Waals surface area (Å²) in [4.78, 5) is 21.0. The Hall–Kier alpha value is -4.06. The van der Waals surface area contributed by atoms with Gasteiger partial charge in [0.15, 0.2) is 5.82 Å². The van der Waals surface area contributed by atoms with E-state index in [0.717, 1.165) is 16.8 Å². The maximum absolute atomic E-state index is 13.1. The molecule has 0 spiro atoms. The molecule has 6 heteroatoms. The number of halogens is 1. The molecule has 1 heterocycles. The van der Waals surface area contributed by atoms with Gasteiger partial charge in [-0.05, 0) is 60.2 Å². The van der Waals surface area contributed by atoms with Gasteiger partial charge in [-0.25, -0.2) is 14.4 Å². The molecule has 0 aliphatic carbocycles. The maximum Gasteiger partial charge on any atom is 0.251 e. The summed E-state index contributed by atoms with van der Waals surface area (Å²) >= 11 is 0. The highest BCUT2D eigenvalue weighted by atomic mass is 19.1. The third kappa shape index (κ3) is 4.86. The molecule has 1 aromatic heterocycles. The highest BCUT2D eigenvalue weighted by molar-refractivity contribution is 5.94. The van der Waals surface area contributed by atoms with Crippen molar-refractivity contribution in [1.82, 2.24) is 15.3 Å². The first kappa shape index (κ1) is 19.3. The van der Waals surface area contributed by atoms with Crippen molar-refractivity contribution in [1.29, 1.82) is 0 Å². The fourth-order valence-corrected chi connectivity index (χ4v) is 2.90. The number of nitrogens with one attached hydrogen (secondary N) is 2. The Morgan fingerprint density at radius 1 is 0.867 bits per heavy atom. The number of amides is 1. The van der Waals surface area contributed by atoms with Gasteiger partial charge in [0, 0.05) is 29.6 Å². The van der Waals surface area contributed by atoms with Gasteiger partial charge in [-0.2, -0.15) is 0 Å². The van der Waals surface area contributed by atoms with Crippen molar-refractivity contribution in [2.45, 2.75) is 6.54 Å². The molecule has 3 aromatic carbocycles. The van der Waals surface area contributed by atoms with Gasteiger partial charge in [0.2, 0.25) is 0 Å². The zero-order chi connectivity index (χ0) is 20.8. The van der Waals surface area contributed by atoms with Crippen LogP contribution < -0.4 is 10.6 Å². The monoisotopic (exact) mass is 398 g/mol. The second kappa shape index (κ2) is 8.96. The summed E-state index contributed by atoms with van der Waals surface area (Å²) in [6, 6.07) is 24.7. The van der Waals surface area contributed by atoms with E-state index in [1.54, 1.807) is 36.5 Å². The fraction of sp³-hybridized carbons (Fsp3) is 0.0417. The zero-order valence-corrected chi connectivity index (χ0v) is 16.0. The third-order valence-electron chi connectivity index (χ3n) is 4.47. The zero-order valence-electron chi connectivity index (χ0n) is 16.0. The van der Waals surface area contributed by atoms with Crippen LogP contribution in [0.4, 0.5) is 15.9 Å². The van der Waals surface area contributed by atoms with Crippen LogP contribution in [0.3, 0.4) is 0 Å². The van der Waals surface area contributed by atoms with E-state index < -0.39 is 0 Å². The number of benzene rings is 3. The molecule has 1 amide bonds. The van der Waals surface area contributed by atoms with Crippen molar-refractivity contribution in [2.24, 2.45) is 0 Å². The lowest BCUT2D eigenvalue weighted by Gasteiger charge is -2.09. The van der Waals surface area contributed by atoms with Crippen molar-refractivity contribution in [2.75, 3.05) is 5.32 Å². The first-order chi connectivity index (χ1) is 14.7. The van der Waals surface area contributed by atoms with E-state index in [0.29, 0.717) is 23.8 Å². The number of hydrogen-bond donors (Lipinski definition) is 2. The highest BCUT2D eigenvalue weighted by Crippen LogP contribution is 2.20. The van der Waals surface area contributed by atoms with Gasteiger partial charge in [0.25, 0.3) is 5.91 Å². The van der Waals surface area contributed by atoms with E-state index in [4.69, 9.17) is 0 Å². The number of hydrogen-bond acceptors (Lipinski definition) is 4. The van der Waals surface area contributed by atoms with Crippen LogP contribution in [0.25, 0.3) is 11.4 Å². The Morgan fingerprint density at radius 2 is 1.60 bits per heavy atom. The summed E-state index contributed by atoms with van der Waals surface area (Å²) in [5.74, 6) is 0.662. The van der Waals surface area contributed by atoms with Gasteiger partial charge in [-0.1, -0.05) is 30.3 Å². The Kier molecular flexibility index (Phi) is 5.75. The number of rotatable bonds is 6. The van der Waals surface area contributed by atoms with Crippen LogP contribution in [0, 0.1) is 5.82 Å². The second-order valence-electron chi connectivity index (χ2n) is 6.64. The van der Waals surface area contributed by atoms with Crippen LogP contribution in [0.5, 0.6) is 0 Å². The molecule has 0 saturated carbocycles. The Bertz CT molecular complexity index is 1130. The molecule has 2 N–H and O–H groups in total. The van der Waals surface area contributed by atoms with Crippen LogP contribution in [0.1, 0.15) is 15.9 Å². The molecule has 5 nitrogen and oxygen atoms in total. The summed E-state index contributed by atoms with van der Waals surface area (Å²) < 4.78 is 13.1. The lowest BCUT2D eigenvalue weighted by molar-refractivity contribution is 0.0951. The second-order valence-corrected chi connectivity index (χ2v) is 6.64. The van der Waals surface area contributed by atoms with Crippen molar-refractivity contribution in [3.8, 4) is 11.4 Å². The van der Waals surface area contributed by atoms with Crippen LogP contribution in [0.2, 0.25) is 0 Å². The van der Waals surface area contributed by atoms with Gasteiger partial charge in [-0.15, -0.1) is 0 Å². The number of carbonyl (C=O) groups excluding carboxylic acids is 1. The number of anilines is 2. The van der Waals surface area contributed by atoms with Crippen LogP contribution in [0.15, 0.2) is 91.1 Å². The molecule has 0 radical (unpaired) electrons. The van der Waals surface area contributed by atoms with Crippen molar-refractivity contribution in [3.05, 3.63) is 108 Å². The van der Waals surface area contributed by atoms with Gasteiger partial charge in [-0.3, -0.25) is 4.79 Å². The highest BCUT2D eigenvalue weighted by Gasteiger charge is 2.07. The molecular formula is C24H19FN4O. The molecule has 0 bridgehead atoms. The molecular weight excluding hydrogens is 379 g/mol. The maximum atomic E-state index is 13.1. The molecule has 30 heavy (non-hydrogen) atoms. The summed E-state index contributed by atoms with van der Waals surface area (Å²) in [5.41, 5.74) is 3.14. The van der Waals surface area contributed by atoms with Crippen molar-refractivity contribution < 1.29 is 9.18 Å². The van der Waals surface area contributed by atoms with Gasteiger partial charge in [0.05, 0.1) is 0 Å². The molecule has 0 atom stereocenters. The van der Waals surface area contributed by atoms with E-state index in [1.165, 1.54) is 12.1 Å². The van der Waals surface area contributed by atoms with Gasteiger partial charge >= 0.3 is 0 Å². The predicted octanol–water partition coefficient (Wildman–Crippen LogP) is 4.96. The minimum Gasteiger partial charge on any atom is -0.348 e. The average Bonchev–Trinajstić information content (AvgIpc) is 2.79. The summed E-state index contributed by atoms with van der Waals surface area (Å²) in [5, 5.41) is 6.10. The lowest BCUT2D eigenvalue weighted by atomic mass is 10.1. The SMILES string of the molecule is O=C(NCc1ccccc1)c1ccc(Nc2ccnc(-c3ccc(F)cc3)n2)cc1. The standard InChI is InChI=1S/C24H19FN4O/c25-20-10-6-18(7-11-20)23-26-15-14-22(29-23)28-21-12-8-19(9-13-21)24(30)27-16-17-4-2-1-3-5-17/h1-15H,16H2,(H,27,30)(H,26,28,29). The smallest absolute Gasteiger partial charge is 0.251 e. The van der Waals surface area contributed by atoms with Gasteiger partial charge < -0.3 is 10.6 Å². The molecule has 0 fully saturated rings. The van der Waals surface area contributed by atoms with E-state index in [9.17, 15) is 9.18 Å². The predicted molar refractivity (Wildman–Crippen MR) is 115 cm³/mol. The average molecular weight is 398 g/mol. The van der Waals surface area contributed by atoms with Crippen LogP contribution >= 0.6 is 0 Å². The summed E-state index contributed by atoms with van der Waals surface area (Å²) in [6.07, 6.45) is 1.64. The quantitative estimate of drug-likeness (QED) is 0.482. The van der Waals surface area contributed by atoms with Crippen LogP contribution in [-0.2, 0) is 6.54 Å².